The highest BCUT2D eigenvalue weighted by molar-refractivity contribution is 7.13. The fraction of sp³-hybridized carbons (Fsp3) is 0.435. The minimum absolute atomic E-state index is 0.126. The molecule has 3 aromatic heterocycles. The summed E-state index contributed by atoms with van der Waals surface area (Å²) in [6.07, 6.45) is 3.81. The predicted octanol–water partition coefficient (Wildman–Crippen LogP) is 2.99. The number of aryl methyl sites for hydroxylation is 2. The zero-order valence-corrected chi connectivity index (χ0v) is 19.5. The predicted molar refractivity (Wildman–Crippen MR) is 125 cm³/mol. The number of fused-ring (bicyclic) bond motifs is 1. The standard InChI is InChI=1S/C23H26N6O3S/c1-14-18-15(13-16(17-7-5-12-33-17)25-19(18)28(2)27-14)20(30)24-10-6-11-29-21(31)23(26-22(29)32)8-3-4-9-23/h5,7,12-13H,3-4,6,8-11H2,1-2H3,(H,24,30)(H,26,32). The molecule has 0 atom stereocenters. The molecule has 5 rings (SSSR count). The monoisotopic (exact) mass is 466 g/mol. The van der Waals surface area contributed by atoms with Gasteiger partial charge >= 0.3 is 6.03 Å². The van der Waals surface area contributed by atoms with Gasteiger partial charge in [0, 0.05) is 20.1 Å². The number of aromatic nitrogens is 3. The smallest absolute Gasteiger partial charge is 0.325 e. The van der Waals surface area contributed by atoms with Crippen LogP contribution < -0.4 is 10.6 Å². The number of hydrogen-bond donors (Lipinski definition) is 2. The first-order valence-electron chi connectivity index (χ1n) is 11.2. The number of hydrogen-bond acceptors (Lipinski definition) is 6. The Bertz CT molecular complexity index is 1240. The number of carbonyl (C=O) groups is 3. The number of pyridine rings is 1. The number of carbonyl (C=O) groups excluding carboxylic acids is 3. The van der Waals surface area contributed by atoms with Crippen LogP contribution >= 0.6 is 11.3 Å². The summed E-state index contributed by atoms with van der Waals surface area (Å²) in [6, 6.07) is 5.40. The van der Waals surface area contributed by atoms with Crippen molar-refractivity contribution in [1.82, 2.24) is 30.3 Å². The molecule has 4 heterocycles. The second-order valence-electron chi connectivity index (χ2n) is 8.73. The molecule has 0 radical (unpaired) electrons. The molecule has 33 heavy (non-hydrogen) atoms. The molecule has 2 N–H and O–H groups in total. The topological polar surface area (TPSA) is 109 Å². The highest BCUT2D eigenvalue weighted by Crippen LogP contribution is 2.35. The summed E-state index contributed by atoms with van der Waals surface area (Å²) in [7, 11) is 1.82. The molecule has 10 heteroatoms. The van der Waals surface area contributed by atoms with Crippen molar-refractivity contribution in [2.75, 3.05) is 13.1 Å². The first kappa shape index (κ1) is 21.6. The van der Waals surface area contributed by atoms with Crippen LogP contribution in [0.2, 0.25) is 0 Å². The van der Waals surface area contributed by atoms with Gasteiger partial charge in [-0.05, 0) is 43.7 Å². The number of imide groups is 1. The molecular weight excluding hydrogens is 440 g/mol. The molecule has 2 aliphatic rings. The Kier molecular flexibility index (Phi) is 5.40. The van der Waals surface area contributed by atoms with Crippen molar-refractivity contribution in [3.63, 3.8) is 0 Å². The molecule has 2 fully saturated rings. The second-order valence-corrected chi connectivity index (χ2v) is 9.67. The second kappa shape index (κ2) is 8.26. The zero-order chi connectivity index (χ0) is 23.2. The summed E-state index contributed by atoms with van der Waals surface area (Å²) in [5.74, 6) is -0.348. The number of thiophene rings is 1. The third kappa shape index (κ3) is 3.68. The zero-order valence-electron chi connectivity index (χ0n) is 18.7. The lowest BCUT2D eigenvalue weighted by atomic mass is 9.98. The molecule has 1 saturated heterocycles. The number of amides is 4. The summed E-state index contributed by atoms with van der Waals surface area (Å²) in [5.41, 5.74) is 1.95. The van der Waals surface area contributed by atoms with Crippen molar-refractivity contribution in [2.45, 2.75) is 44.6 Å². The van der Waals surface area contributed by atoms with Gasteiger partial charge in [0.2, 0.25) is 0 Å². The molecule has 3 aromatic rings. The molecule has 1 spiro atoms. The van der Waals surface area contributed by atoms with Crippen molar-refractivity contribution < 1.29 is 14.4 Å². The molecule has 0 unspecified atom stereocenters. The van der Waals surface area contributed by atoms with E-state index in [1.165, 1.54) is 4.90 Å². The Hall–Kier alpha value is -3.27. The van der Waals surface area contributed by atoms with Gasteiger partial charge in [-0.1, -0.05) is 18.9 Å². The third-order valence-electron chi connectivity index (χ3n) is 6.53. The van der Waals surface area contributed by atoms with Crippen molar-refractivity contribution in [3.8, 4) is 10.6 Å². The van der Waals surface area contributed by atoms with Crippen LogP contribution in [0.3, 0.4) is 0 Å². The van der Waals surface area contributed by atoms with Crippen molar-refractivity contribution in [2.24, 2.45) is 7.05 Å². The van der Waals surface area contributed by atoms with Crippen LogP contribution in [-0.2, 0) is 11.8 Å². The molecular formula is C23H26N6O3S. The Morgan fingerprint density at radius 1 is 1.30 bits per heavy atom. The van der Waals surface area contributed by atoms with E-state index in [-0.39, 0.29) is 24.4 Å². The van der Waals surface area contributed by atoms with E-state index in [0.29, 0.717) is 37.0 Å². The van der Waals surface area contributed by atoms with Gasteiger partial charge in [0.15, 0.2) is 5.65 Å². The van der Waals surface area contributed by atoms with Gasteiger partial charge in [0.05, 0.1) is 27.2 Å². The molecule has 9 nitrogen and oxygen atoms in total. The molecule has 0 bridgehead atoms. The third-order valence-corrected chi connectivity index (χ3v) is 7.43. The summed E-state index contributed by atoms with van der Waals surface area (Å²) in [4.78, 5) is 45.2. The van der Waals surface area contributed by atoms with E-state index in [1.807, 2.05) is 31.5 Å². The lowest BCUT2D eigenvalue weighted by Gasteiger charge is -2.20. The maximum absolute atomic E-state index is 13.1. The van der Waals surface area contributed by atoms with E-state index >= 15 is 0 Å². The lowest BCUT2D eigenvalue weighted by molar-refractivity contribution is -0.131. The Morgan fingerprint density at radius 3 is 2.82 bits per heavy atom. The van der Waals surface area contributed by atoms with Gasteiger partial charge in [-0.15, -0.1) is 11.3 Å². The molecule has 1 aliphatic carbocycles. The average molecular weight is 467 g/mol. The van der Waals surface area contributed by atoms with Gasteiger partial charge in [-0.3, -0.25) is 19.2 Å². The number of nitrogens with zero attached hydrogens (tertiary/aromatic N) is 4. The van der Waals surface area contributed by atoms with Gasteiger partial charge in [-0.2, -0.15) is 5.10 Å². The van der Waals surface area contributed by atoms with Crippen LogP contribution in [0.15, 0.2) is 23.6 Å². The van der Waals surface area contributed by atoms with Crippen LogP contribution in [0.5, 0.6) is 0 Å². The van der Waals surface area contributed by atoms with E-state index in [1.54, 1.807) is 22.1 Å². The fourth-order valence-corrected chi connectivity index (χ4v) is 5.59. The van der Waals surface area contributed by atoms with Crippen molar-refractivity contribution in [1.29, 1.82) is 0 Å². The van der Waals surface area contributed by atoms with Crippen LogP contribution in [0.1, 0.15) is 48.2 Å². The highest BCUT2D eigenvalue weighted by Gasteiger charge is 2.51. The first-order valence-corrected chi connectivity index (χ1v) is 12.1. The van der Waals surface area contributed by atoms with Crippen molar-refractivity contribution in [3.05, 3.63) is 34.8 Å². The van der Waals surface area contributed by atoms with Gasteiger partial charge in [0.1, 0.15) is 5.54 Å². The van der Waals surface area contributed by atoms with Gasteiger partial charge in [0.25, 0.3) is 11.8 Å². The highest BCUT2D eigenvalue weighted by atomic mass is 32.1. The van der Waals surface area contributed by atoms with Crippen LogP contribution in [0, 0.1) is 6.92 Å². The van der Waals surface area contributed by atoms with E-state index in [2.05, 4.69) is 15.7 Å². The molecule has 1 aliphatic heterocycles. The Morgan fingerprint density at radius 2 is 2.09 bits per heavy atom. The maximum atomic E-state index is 13.1. The summed E-state index contributed by atoms with van der Waals surface area (Å²) in [6.45, 7) is 2.49. The van der Waals surface area contributed by atoms with E-state index in [9.17, 15) is 14.4 Å². The summed E-state index contributed by atoms with van der Waals surface area (Å²) >= 11 is 1.56. The van der Waals surface area contributed by atoms with Crippen LogP contribution in [0.25, 0.3) is 21.6 Å². The quantitative estimate of drug-likeness (QED) is 0.429. The fourth-order valence-electron chi connectivity index (χ4n) is 4.91. The lowest BCUT2D eigenvalue weighted by Crippen LogP contribution is -2.44. The van der Waals surface area contributed by atoms with Gasteiger partial charge < -0.3 is 10.6 Å². The SMILES string of the molecule is Cc1nn(C)c2nc(-c3cccs3)cc(C(=O)NCCCN3C(=O)NC4(CCCC4)C3=O)c12. The Balaban J connectivity index is 1.29. The van der Waals surface area contributed by atoms with Crippen LogP contribution in [-0.4, -0.2) is 56.1 Å². The number of urea groups is 1. The largest absolute Gasteiger partial charge is 0.352 e. The summed E-state index contributed by atoms with van der Waals surface area (Å²) < 4.78 is 1.69. The molecule has 4 amide bonds. The summed E-state index contributed by atoms with van der Waals surface area (Å²) in [5, 5.41) is 13.0. The maximum Gasteiger partial charge on any atom is 0.325 e. The molecule has 1 saturated carbocycles. The number of rotatable bonds is 6. The minimum Gasteiger partial charge on any atom is -0.352 e. The molecule has 0 aromatic carbocycles. The normalized spacial score (nSPS) is 17.3. The van der Waals surface area contributed by atoms with E-state index in [4.69, 9.17) is 4.98 Å². The van der Waals surface area contributed by atoms with E-state index < -0.39 is 5.54 Å². The number of nitrogens with one attached hydrogen (secondary N) is 2. The van der Waals surface area contributed by atoms with Crippen molar-refractivity contribution >= 4 is 40.2 Å². The van der Waals surface area contributed by atoms with E-state index in [0.717, 1.165) is 34.5 Å². The Labute approximate surface area is 195 Å². The molecule has 172 valence electrons. The van der Waals surface area contributed by atoms with Gasteiger partial charge in [-0.25, -0.2) is 9.78 Å². The average Bonchev–Trinajstić information content (AvgIpc) is 3.57. The minimum atomic E-state index is -0.695. The first-order chi connectivity index (χ1) is 15.9. The van der Waals surface area contributed by atoms with Crippen LogP contribution in [0.4, 0.5) is 4.79 Å².